The Morgan fingerprint density at radius 2 is 2.15 bits per heavy atom. The molecule has 0 heterocycles. The van der Waals surface area contributed by atoms with Gasteiger partial charge in [-0.1, -0.05) is 0 Å². The van der Waals surface area contributed by atoms with Gasteiger partial charge < -0.3 is 10.1 Å². The van der Waals surface area contributed by atoms with Gasteiger partial charge in [-0.05, 0) is 34.3 Å². The number of rotatable bonds is 3. The highest BCUT2D eigenvalue weighted by atomic mass is 79.9. The van der Waals surface area contributed by atoms with Crippen molar-refractivity contribution < 1.29 is 4.74 Å². The molecule has 0 atom stereocenters. The SMILES string of the molecule is CNc1cc(Br)c(OC)cc1SC. The van der Waals surface area contributed by atoms with E-state index in [-0.39, 0.29) is 0 Å². The summed E-state index contributed by atoms with van der Waals surface area (Å²) in [7, 11) is 3.58. The van der Waals surface area contributed by atoms with Crippen molar-refractivity contribution in [2.75, 3.05) is 25.7 Å². The van der Waals surface area contributed by atoms with Crippen molar-refractivity contribution in [2.24, 2.45) is 0 Å². The zero-order valence-corrected chi connectivity index (χ0v) is 10.3. The van der Waals surface area contributed by atoms with Crippen molar-refractivity contribution in [3.05, 3.63) is 16.6 Å². The third-order valence-corrected chi connectivity index (χ3v) is 3.14. The quantitative estimate of drug-likeness (QED) is 0.845. The van der Waals surface area contributed by atoms with Crippen molar-refractivity contribution in [3.63, 3.8) is 0 Å². The number of halogens is 1. The van der Waals surface area contributed by atoms with Crippen molar-refractivity contribution >= 4 is 33.4 Å². The highest BCUT2D eigenvalue weighted by Gasteiger charge is 2.06. The lowest BCUT2D eigenvalue weighted by atomic mass is 10.3. The maximum atomic E-state index is 5.20. The third-order valence-electron chi connectivity index (χ3n) is 1.74. The molecule has 13 heavy (non-hydrogen) atoms. The molecule has 0 fully saturated rings. The van der Waals surface area contributed by atoms with Gasteiger partial charge in [-0.2, -0.15) is 0 Å². The number of hydrogen-bond donors (Lipinski definition) is 1. The van der Waals surface area contributed by atoms with Crippen LogP contribution in [0.25, 0.3) is 0 Å². The second-order valence-corrected chi connectivity index (χ2v) is 4.14. The van der Waals surface area contributed by atoms with Gasteiger partial charge in [-0.15, -0.1) is 11.8 Å². The van der Waals surface area contributed by atoms with Crippen LogP contribution < -0.4 is 10.1 Å². The molecule has 0 amide bonds. The molecule has 72 valence electrons. The van der Waals surface area contributed by atoms with E-state index in [0.29, 0.717) is 0 Å². The molecule has 1 rings (SSSR count). The first-order valence-electron chi connectivity index (χ1n) is 3.82. The molecule has 0 aliphatic carbocycles. The summed E-state index contributed by atoms with van der Waals surface area (Å²) in [5.41, 5.74) is 1.11. The smallest absolute Gasteiger partial charge is 0.134 e. The van der Waals surface area contributed by atoms with Crippen LogP contribution in [0.5, 0.6) is 5.75 Å². The summed E-state index contributed by atoms with van der Waals surface area (Å²) < 4.78 is 6.17. The summed E-state index contributed by atoms with van der Waals surface area (Å²) in [5, 5.41) is 3.13. The van der Waals surface area contributed by atoms with Crippen LogP contribution in [0, 0.1) is 0 Å². The lowest BCUT2D eigenvalue weighted by Gasteiger charge is -2.10. The zero-order valence-electron chi connectivity index (χ0n) is 7.85. The first-order valence-corrected chi connectivity index (χ1v) is 5.84. The Morgan fingerprint density at radius 3 is 2.62 bits per heavy atom. The first kappa shape index (κ1) is 10.7. The van der Waals surface area contributed by atoms with E-state index >= 15 is 0 Å². The number of hydrogen-bond acceptors (Lipinski definition) is 3. The van der Waals surface area contributed by atoms with Gasteiger partial charge in [0, 0.05) is 17.6 Å². The molecular formula is C9H12BrNOS. The van der Waals surface area contributed by atoms with Crippen molar-refractivity contribution in [3.8, 4) is 5.75 Å². The van der Waals surface area contributed by atoms with Crippen molar-refractivity contribution in [1.82, 2.24) is 0 Å². The fraction of sp³-hybridized carbons (Fsp3) is 0.333. The van der Waals surface area contributed by atoms with Gasteiger partial charge in [-0.25, -0.2) is 0 Å². The minimum absolute atomic E-state index is 0.864. The Hall–Kier alpha value is -0.350. The number of ether oxygens (including phenoxy) is 1. The molecule has 2 nitrogen and oxygen atoms in total. The van der Waals surface area contributed by atoms with Crippen LogP contribution >= 0.6 is 27.7 Å². The number of thioether (sulfide) groups is 1. The maximum absolute atomic E-state index is 5.20. The topological polar surface area (TPSA) is 21.3 Å². The van der Waals surface area contributed by atoms with E-state index in [4.69, 9.17) is 4.74 Å². The van der Waals surface area contributed by atoms with Gasteiger partial charge in [0.15, 0.2) is 0 Å². The summed E-state index contributed by atoms with van der Waals surface area (Å²) in [5.74, 6) is 0.864. The number of benzene rings is 1. The molecule has 0 aliphatic heterocycles. The normalized spacial score (nSPS) is 9.85. The predicted octanol–water partition coefficient (Wildman–Crippen LogP) is 3.22. The van der Waals surface area contributed by atoms with Gasteiger partial charge in [0.1, 0.15) is 5.75 Å². The summed E-state index contributed by atoms with van der Waals surface area (Å²) in [6, 6.07) is 4.03. The summed E-state index contributed by atoms with van der Waals surface area (Å²) >= 11 is 5.13. The van der Waals surface area contributed by atoms with E-state index in [1.165, 1.54) is 4.90 Å². The first-order chi connectivity index (χ1) is 6.22. The predicted molar refractivity (Wildman–Crippen MR) is 62.0 cm³/mol. The number of methoxy groups -OCH3 is 1. The minimum Gasteiger partial charge on any atom is -0.496 e. The molecule has 1 N–H and O–H groups in total. The van der Waals surface area contributed by atoms with Crippen LogP contribution in [-0.4, -0.2) is 20.4 Å². The van der Waals surface area contributed by atoms with E-state index in [2.05, 4.69) is 21.2 Å². The molecule has 0 aliphatic rings. The van der Waals surface area contributed by atoms with Crippen molar-refractivity contribution in [1.29, 1.82) is 0 Å². The van der Waals surface area contributed by atoms with Crippen LogP contribution in [0.15, 0.2) is 21.5 Å². The molecule has 1 aromatic carbocycles. The largest absolute Gasteiger partial charge is 0.496 e. The molecular weight excluding hydrogens is 250 g/mol. The van der Waals surface area contributed by atoms with Gasteiger partial charge in [0.2, 0.25) is 0 Å². The molecule has 0 saturated carbocycles. The molecule has 0 spiro atoms. The number of anilines is 1. The molecule has 1 aromatic rings. The molecule has 4 heteroatoms. The average Bonchev–Trinajstić information content (AvgIpc) is 2.17. The van der Waals surface area contributed by atoms with Crippen LogP contribution in [0.2, 0.25) is 0 Å². The Balaban J connectivity index is 3.18. The highest BCUT2D eigenvalue weighted by Crippen LogP contribution is 2.35. The van der Waals surface area contributed by atoms with Gasteiger partial charge >= 0.3 is 0 Å². The van der Waals surface area contributed by atoms with Crippen LogP contribution in [0.4, 0.5) is 5.69 Å². The highest BCUT2D eigenvalue weighted by molar-refractivity contribution is 9.10. The fourth-order valence-corrected chi connectivity index (χ4v) is 2.17. The number of nitrogens with one attached hydrogen (secondary N) is 1. The summed E-state index contributed by atoms with van der Waals surface area (Å²) in [6.45, 7) is 0. The minimum atomic E-state index is 0.864. The van der Waals surface area contributed by atoms with E-state index < -0.39 is 0 Å². The van der Waals surface area contributed by atoms with Crippen LogP contribution in [0.1, 0.15) is 0 Å². The Morgan fingerprint density at radius 1 is 1.46 bits per heavy atom. The standard InChI is InChI=1S/C9H12BrNOS/c1-11-7-4-6(10)8(12-2)5-9(7)13-3/h4-5,11H,1-3H3. The van der Waals surface area contributed by atoms with Gasteiger partial charge in [0.25, 0.3) is 0 Å². The Labute approximate surface area is 91.2 Å². The second-order valence-electron chi connectivity index (χ2n) is 2.44. The van der Waals surface area contributed by atoms with Gasteiger partial charge in [0.05, 0.1) is 11.6 Å². The van der Waals surface area contributed by atoms with E-state index in [1.54, 1.807) is 18.9 Å². The molecule has 0 bridgehead atoms. The average molecular weight is 262 g/mol. The Kier molecular flexibility index (Phi) is 3.93. The van der Waals surface area contributed by atoms with Crippen molar-refractivity contribution in [2.45, 2.75) is 4.90 Å². The van der Waals surface area contributed by atoms with E-state index in [9.17, 15) is 0 Å². The lowest BCUT2D eigenvalue weighted by Crippen LogP contribution is -1.93. The summed E-state index contributed by atoms with van der Waals surface area (Å²) in [4.78, 5) is 1.18. The fourth-order valence-electron chi connectivity index (χ4n) is 1.06. The van der Waals surface area contributed by atoms with E-state index in [0.717, 1.165) is 15.9 Å². The van der Waals surface area contributed by atoms with Crippen LogP contribution in [0.3, 0.4) is 0 Å². The van der Waals surface area contributed by atoms with Crippen LogP contribution in [-0.2, 0) is 0 Å². The second kappa shape index (κ2) is 4.77. The van der Waals surface area contributed by atoms with E-state index in [1.807, 2.05) is 25.4 Å². The summed E-state index contributed by atoms with van der Waals surface area (Å²) in [6.07, 6.45) is 2.05. The van der Waals surface area contributed by atoms with Gasteiger partial charge in [-0.3, -0.25) is 0 Å². The molecule has 0 saturated heterocycles. The maximum Gasteiger partial charge on any atom is 0.134 e. The monoisotopic (exact) mass is 261 g/mol. The zero-order chi connectivity index (χ0) is 9.84. The molecule has 0 unspecified atom stereocenters. The lowest BCUT2D eigenvalue weighted by molar-refractivity contribution is 0.411. The third kappa shape index (κ3) is 2.31. The molecule has 0 radical (unpaired) electrons. The Bertz CT molecular complexity index is 304. The molecule has 0 aromatic heterocycles.